The molecule has 1 aliphatic heterocycles. The lowest BCUT2D eigenvalue weighted by Gasteiger charge is -2.37. The van der Waals surface area contributed by atoms with E-state index >= 15 is 4.39 Å². The van der Waals surface area contributed by atoms with E-state index in [0.29, 0.717) is 24.1 Å². The number of pyridine rings is 1. The van der Waals surface area contributed by atoms with Gasteiger partial charge >= 0.3 is 0 Å². The highest BCUT2D eigenvalue weighted by Crippen LogP contribution is 2.39. The molecular weight excluding hydrogens is 535 g/mol. The highest BCUT2D eigenvalue weighted by Gasteiger charge is 2.37. The van der Waals surface area contributed by atoms with Crippen LogP contribution in [-0.2, 0) is 11.0 Å². The van der Waals surface area contributed by atoms with Crippen LogP contribution in [0.4, 0.5) is 10.2 Å². The van der Waals surface area contributed by atoms with Crippen molar-refractivity contribution in [3.63, 3.8) is 0 Å². The molecule has 1 aliphatic rings. The van der Waals surface area contributed by atoms with E-state index in [1.165, 1.54) is 13.0 Å². The normalized spacial score (nSPS) is 16.5. The minimum absolute atomic E-state index is 0.0121. The molecule has 1 amide bonds. The smallest absolute Gasteiger partial charge is 0.257 e. The number of likely N-dealkylation sites (tertiary alicyclic amines) is 1. The van der Waals surface area contributed by atoms with Crippen LogP contribution >= 0.6 is 0 Å². The maximum atomic E-state index is 15.6. The second-order valence-corrected chi connectivity index (χ2v) is 17.4. The number of benzene rings is 2. The number of aromatic nitrogens is 2. The summed E-state index contributed by atoms with van der Waals surface area (Å²) in [5.74, 6) is -0.770. The molecule has 1 fully saturated rings. The van der Waals surface area contributed by atoms with Gasteiger partial charge in [0.1, 0.15) is 11.6 Å². The topological polar surface area (TPSA) is 90.5 Å². The lowest BCUT2D eigenvalue weighted by atomic mass is 9.92. The third-order valence-corrected chi connectivity index (χ3v) is 13.3. The van der Waals surface area contributed by atoms with Crippen molar-refractivity contribution in [2.45, 2.75) is 77.7 Å². The van der Waals surface area contributed by atoms with Gasteiger partial charge in [0.25, 0.3) is 5.91 Å². The minimum atomic E-state index is -2.07. The standard InChI is InChI=1S/C32H39FN4O3Si/c1-20(38)36-15-13-23-22(10-9-12-28(23)36)29-11-7-8-14-37(29)31(39)25-17-24-21(19-40-41(5,6)32(2,3)4)16-30(34)35-27(24)18-26(25)33/h9-10,12-13,15-18,29H,7-8,11,14,19H2,1-6H3,(H2,34,35). The number of anilines is 1. The predicted molar refractivity (Wildman–Crippen MR) is 164 cm³/mol. The first-order valence-corrected chi connectivity index (χ1v) is 17.1. The average molecular weight is 575 g/mol. The van der Waals surface area contributed by atoms with Crippen molar-refractivity contribution in [1.82, 2.24) is 14.5 Å². The Balaban J connectivity index is 1.54. The summed E-state index contributed by atoms with van der Waals surface area (Å²) in [6, 6.07) is 12.2. The SMILES string of the molecule is CC(=O)n1ccc2c(C3CCCCN3C(=O)c3cc4c(CO[Si](C)(C)C(C)(C)C)cc(N)nc4cc3F)cccc21. The Hall–Kier alpha value is -3.56. The highest BCUT2D eigenvalue weighted by atomic mass is 28.4. The quantitative estimate of drug-likeness (QED) is 0.250. The second-order valence-electron chi connectivity index (χ2n) is 12.6. The molecule has 41 heavy (non-hydrogen) atoms. The molecule has 2 aromatic heterocycles. The molecule has 7 nitrogen and oxygen atoms in total. The lowest BCUT2D eigenvalue weighted by molar-refractivity contribution is 0.0608. The van der Waals surface area contributed by atoms with E-state index in [4.69, 9.17) is 10.2 Å². The average Bonchev–Trinajstić information content (AvgIpc) is 3.35. The summed E-state index contributed by atoms with van der Waals surface area (Å²) in [6.07, 6.45) is 4.32. The molecule has 0 spiro atoms. The number of carbonyl (C=O) groups is 2. The zero-order valence-electron chi connectivity index (χ0n) is 24.8. The third-order valence-electron chi connectivity index (χ3n) is 8.86. The number of fused-ring (bicyclic) bond motifs is 2. The number of halogens is 1. The Labute approximate surface area is 241 Å². The fourth-order valence-electron chi connectivity index (χ4n) is 5.51. The van der Waals surface area contributed by atoms with Crippen LogP contribution in [-0.4, -0.2) is 41.1 Å². The van der Waals surface area contributed by atoms with Gasteiger partial charge in [0.05, 0.1) is 29.2 Å². The van der Waals surface area contributed by atoms with Crippen LogP contribution in [0.15, 0.2) is 48.7 Å². The van der Waals surface area contributed by atoms with Crippen molar-refractivity contribution >= 4 is 47.8 Å². The Morgan fingerprint density at radius 2 is 1.88 bits per heavy atom. The number of hydrogen-bond acceptors (Lipinski definition) is 5. The Morgan fingerprint density at radius 3 is 2.59 bits per heavy atom. The second kappa shape index (κ2) is 10.7. The van der Waals surface area contributed by atoms with Gasteiger partial charge in [-0.05, 0) is 72.8 Å². The zero-order valence-corrected chi connectivity index (χ0v) is 25.8. The van der Waals surface area contributed by atoms with Crippen molar-refractivity contribution in [3.8, 4) is 0 Å². The van der Waals surface area contributed by atoms with Gasteiger partial charge in [0.2, 0.25) is 5.91 Å². The molecule has 2 N–H and O–H groups in total. The van der Waals surface area contributed by atoms with E-state index in [2.05, 4.69) is 38.8 Å². The van der Waals surface area contributed by atoms with E-state index in [1.54, 1.807) is 27.8 Å². The first-order chi connectivity index (χ1) is 19.3. The van der Waals surface area contributed by atoms with Crippen LogP contribution in [0.1, 0.15) is 79.3 Å². The fraction of sp³-hybridized carbons (Fsp3) is 0.406. The van der Waals surface area contributed by atoms with Crippen molar-refractivity contribution in [1.29, 1.82) is 0 Å². The number of amides is 1. The van der Waals surface area contributed by atoms with E-state index in [1.807, 2.05) is 24.3 Å². The van der Waals surface area contributed by atoms with Gasteiger partial charge in [-0.15, -0.1) is 0 Å². The summed E-state index contributed by atoms with van der Waals surface area (Å²) in [4.78, 5) is 32.4. The van der Waals surface area contributed by atoms with Gasteiger partial charge in [-0.3, -0.25) is 14.2 Å². The number of nitrogen functional groups attached to an aromatic ring is 1. The fourth-order valence-corrected chi connectivity index (χ4v) is 6.46. The largest absolute Gasteiger partial charge is 0.413 e. The summed E-state index contributed by atoms with van der Waals surface area (Å²) < 4.78 is 23.7. The molecule has 3 heterocycles. The maximum absolute atomic E-state index is 15.6. The van der Waals surface area contributed by atoms with Crippen molar-refractivity contribution in [3.05, 3.63) is 71.2 Å². The molecule has 0 aliphatic carbocycles. The molecule has 0 saturated carbocycles. The van der Waals surface area contributed by atoms with Crippen LogP contribution in [0.2, 0.25) is 18.1 Å². The van der Waals surface area contributed by atoms with E-state index < -0.39 is 14.1 Å². The van der Waals surface area contributed by atoms with Crippen molar-refractivity contribution in [2.24, 2.45) is 0 Å². The summed E-state index contributed by atoms with van der Waals surface area (Å²) >= 11 is 0. The monoisotopic (exact) mass is 574 g/mol. The van der Waals surface area contributed by atoms with Crippen LogP contribution in [0.3, 0.4) is 0 Å². The van der Waals surface area contributed by atoms with Gasteiger partial charge in [-0.2, -0.15) is 0 Å². The Morgan fingerprint density at radius 1 is 1.12 bits per heavy atom. The third kappa shape index (κ3) is 5.40. The summed E-state index contributed by atoms with van der Waals surface area (Å²) in [6.45, 7) is 13.2. The predicted octanol–water partition coefficient (Wildman–Crippen LogP) is 7.46. The molecule has 1 atom stereocenters. The maximum Gasteiger partial charge on any atom is 0.257 e. The number of nitrogens with two attached hydrogens (primary N) is 1. The van der Waals surface area contributed by atoms with Crippen LogP contribution < -0.4 is 5.73 Å². The highest BCUT2D eigenvalue weighted by molar-refractivity contribution is 6.74. The number of nitrogens with zero attached hydrogens (tertiary/aromatic N) is 3. The molecule has 216 valence electrons. The van der Waals surface area contributed by atoms with Gasteiger partial charge in [-0.25, -0.2) is 9.37 Å². The molecular formula is C32H39FN4O3Si. The molecule has 5 rings (SSSR count). The van der Waals surface area contributed by atoms with E-state index in [-0.39, 0.29) is 34.3 Å². The molecule has 2 aromatic carbocycles. The lowest BCUT2D eigenvalue weighted by Crippen LogP contribution is -2.40. The van der Waals surface area contributed by atoms with Crippen LogP contribution in [0.5, 0.6) is 0 Å². The molecule has 1 unspecified atom stereocenters. The van der Waals surface area contributed by atoms with Gasteiger partial charge in [-0.1, -0.05) is 32.9 Å². The van der Waals surface area contributed by atoms with Crippen molar-refractivity contribution in [2.75, 3.05) is 12.3 Å². The number of piperidine rings is 1. The molecule has 9 heteroatoms. The van der Waals surface area contributed by atoms with Crippen molar-refractivity contribution < 1.29 is 18.4 Å². The van der Waals surface area contributed by atoms with Gasteiger partial charge < -0.3 is 15.1 Å². The van der Waals surface area contributed by atoms with Crippen LogP contribution in [0, 0.1) is 5.82 Å². The molecule has 0 bridgehead atoms. The summed E-state index contributed by atoms with van der Waals surface area (Å²) in [7, 11) is -2.07. The first-order valence-electron chi connectivity index (χ1n) is 14.2. The zero-order chi connectivity index (χ0) is 29.7. The van der Waals surface area contributed by atoms with E-state index in [9.17, 15) is 9.59 Å². The first kappa shape index (κ1) is 28.9. The Kier molecular flexibility index (Phi) is 7.54. The van der Waals surface area contributed by atoms with Gasteiger partial charge in [0.15, 0.2) is 8.32 Å². The molecule has 1 saturated heterocycles. The Bertz CT molecular complexity index is 1660. The number of hydrogen-bond donors (Lipinski definition) is 1. The van der Waals surface area contributed by atoms with E-state index in [0.717, 1.165) is 41.3 Å². The molecule has 4 aromatic rings. The summed E-state index contributed by atoms with van der Waals surface area (Å²) in [5.41, 5.74) is 9.06. The number of rotatable bonds is 5. The number of carbonyl (C=O) groups excluding carboxylic acids is 2. The summed E-state index contributed by atoms with van der Waals surface area (Å²) in [5, 5.41) is 1.61. The van der Waals surface area contributed by atoms with Crippen LogP contribution in [0.25, 0.3) is 21.8 Å². The molecule has 0 radical (unpaired) electrons. The van der Waals surface area contributed by atoms with Gasteiger partial charge in [0, 0.05) is 36.5 Å². The minimum Gasteiger partial charge on any atom is -0.413 e.